The molecule has 98 valence electrons. The van der Waals surface area contributed by atoms with Crippen LogP contribution in [0.2, 0.25) is 0 Å². The van der Waals surface area contributed by atoms with Gasteiger partial charge in [0.05, 0.1) is 0 Å². The molecule has 0 amide bonds. The van der Waals surface area contributed by atoms with Crippen LogP contribution in [0, 0.1) is 17.8 Å². The van der Waals surface area contributed by atoms with Gasteiger partial charge in [-0.1, -0.05) is 27.7 Å². The molecule has 1 unspecified atom stereocenters. The van der Waals surface area contributed by atoms with Crippen LogP contribution in [0.4, 0.5) is 0 Å². The fourth-order valence-corrected chi connectivity index (χ4v) is 1.94. The molecule has 0 radical (unpaired) electrons. The monoisotopic (exact) mass is 229 g/mol. The Kier molecular flexibility index (Phi) is 10.0. The van der Waals surface area contributed by atoms with Crippen molar-refractivity contribution in [1.29, 1.82) is 0 Å². The second-order valence-corrected chi connectivity index (χ2v) is 5.53. The summed E-state index contributed by atoms with van der Waals surface area (Å²) in [6, 6.07) is 0. The van der Waals surface area contributed by atoms with E-state index in [-0.39, 0.29) is 0 Å². The number of hydrogen-bond donors (Lipinski definition) is 1. The highest BCUT2D eigenvalue weighted by atomic mass is 16.5. The molecule has 0 aliphatic heterocycles. The van der Waals surface area contributed by atoms with Crippen molar-refractivity contribution in [3.8, 4) is 0 Å². The van der Waals surface area contributed by atoms with Crippen molar-refractivity contribution in [2.45, 2.75) is 47.5 Å². The minimum absolute atomic E-state index is 0.742. The average Bonchev–Trinajstić information content (AvgIpc) is 2.16. The van der Waals surface area contributed by atoms with Gasteiger partial charge in [0.2, 0.25) is 0 Å². The molecule has 2 heteroatoms. The van der Waals surface area contributed by atoms with Crippen LogP contribution in [0.1, 0.15) is 47.5 Å². The summed E-state index contributed by atoms with van der Waals surface area (Å²) in [6.07, 6.45) is 2.50. The Morgan fingerprint density at radius 3 is 2.19 bits per heavy atom. The highest BCUT2D eigenvalue weighted by Gasteiger charge is 2.10. The lowest BCUT2D eigenvalue weighted by molar-refractivity contribution is 0.128. The van der Waals surface area contributed by atoms with Gasteiger partial charge in [-0.05, 0) is 50.6 Å². The summed E-state index contributed by atoms with van der Waals surface area (Å²) in [5.41, 5.74) is 0. The first-order valence-corrected chi connectivity index (χ1v) is 6.84. The number of rotatable bonds is 10. The van der Waals surface area contributed by atoms with Crippen molar-refractivity contribution in [3.05, 3.63) is 0 Å². The van der Waals surface area contributed by atoms with Crippen molar-refractivity contribution in [2.75, 3.05) is 26.3 Å². The van der Waals surface area contributed by atoms with E-state index < -0.39 is 0 Å². The summed E-state index contributed by atoms with van der Waals surface area (Å²) < 4.78 is 5.45. The van der Waals surface area contributed by atoms with Crippen molar-refractivity contribution < 1.29 is 4.74 Å². The summed E-state index contributed by atoms with van der Waals surface area (Å²) in [5, 5.41) is 3.56. The summed E-state index contributed by atoms with van der Waals surface area (Å²) in [5.74, 6) is 2.30. The summed E-state index contributed by atoms with van der Waals surface area (Å²) in [6.45, 7) is 15.2. The second-order valence-electron chi connectivity index (χ2n) is 5.53. The standard InChI is InChI=1S/C14H31NO/c1-6-16-8-7-14(9-12(2)3)11-15-10-13(4)5/h12-15H,6-11H2,1-5H3. The van der Waals surface area contributed by atoms with E-state index in [9.17, 15) is 0 Å². The molecule has 0 fully saturated rings. The third kappa shape index (κ3) is 10.4. The Morgan fingerprint density at radius 1 is 1.00 bits per heavy atom. The van der Waals surface area contributed by atoms with Crippen molar-refractivity contribution in [1.82, 2.24) is 5.32 Å². The minimum atomic E-state index is 0.742. The Hall–Kier alpha value is -0.0800. The fourth-order valence-electron chi connectivity index (χ4n) is 1.94. The van der Waals surface area contributed by atoms with Crippen LogP contribution in [0.25, 0.3) is 0 Å². The number of ether oxygens (including phenoxy) is 1. The maximum Gasteiger partial charge on any atom is 0.0469 e. The maximum absolute atomic E-state index is 5.45. The molecule has 16 heavy (non-hydrogen) atoms. The average molecular weight is 229 g/mol. The molecule has 0 aromatic carbocycles. The van der Waals surface area contributed by atoms with Gasteiger partial charge in [0, 0.05) is 13.2 Å². The smallest absolute Gasteiger partial charge is 0.0469 e. The Bertz CT molecular complexity index is 146. The first kappa shape index (κ1) is 15.9. The van der Waals surface area contributed by atoms with Crippen LogP contribution < -0.4 is 5.32 Å². The molecule has 0 aliphatic carbocycles. The van der Waals surface area contributed by atoms with Crippen molar-refractivity contribution >= 4 is 0 Å². The van der Waals surface area contributed by atoms with E-state index in [1.165, 1.54) is 12.8 Å². The predicted octanol–water partition coefficient (Wildman–Crippen LogP) is 3.32. The van der Waals surface area contributed by atoms with Crippen LogP contribution >= 0.6 is 0 Å². The molecule has 0 rings (SSSR count). The van der Waals surface area contributed by atoms with Crippen LogP contribution in [-0.2, 0) is 4.74 Å². The molecule has 0 spiro atoms. The van der Waals surface area contributed by atoms with Gasteiger partial charge in [-0.3, -0.25) is 0 Å². The van der Waals surface area contributed by atoms with Crippen molar-refractivity contribution in [2.24, 2.45) is 17.8 Å². The second kappa shape index (κ2) is 10.1. The van der Waals surface area contributed by atoms with Gasteiger partial charge in [-0.15, -0.1) is 0 Å². The lowest BCUT2D eigenvalue weighted by Crippen LogP contribution is -2.28. The SMILES string of the molecule is CCOCCC(CNCC(C)C)CC(C)C. The van der Waals surface area contributed by atoms with Gasteiger partial charge in [0.1, 0.15) is 0 Å². The van der Waals surface area contributed by atoms with Crippen LogP contribution in [-0.4, -0.2) is 26.3 Å². The molecule has 0 aromatic rings. The molecule has 1 atom stereocenters. The maximum atomic E-state index is 5.45. The normalized spacial score (nSPS) is 13.7. The zero-order valence-corrected chi connectivity index (χ0v) is 11.9. The molecule has 1 N–H and O–H groups in total. The van der Waals surface area contributed by atoms with E-state index in [1.54, 1.807) is 0 Å². The van der Waals surface area contributed by atoms with Gasteiger partial charge in [0.15, 0.2) is 0 Å². The number of nitrogens with one attached hydrogen (secondary N) is 1. The van der Waals surface area contributed by atoms with E-state index in [4.69, 9.17) is 4.74 Å². The molecular formula is C14H31NO. The fraction of sp³-hybridized carbons (Fsp3) is 1.00. The topological polar surface area (TPSA) is 21.3 Å². The Balaban J connectivity index is 3.71. The molecule has 0 saturated heterocycles. The zero-order chi connectivity index (χ0) is 12.4. The van der Waals surface area contributed by atoms with Gasteiger partial charge in [0.25, 0.3) is 0 Å². The molecular weight excluding hydrogens is 198 g/mol. The van der Waals surface area contributed by atoms with Crippen LogP contribution in [0.3, 0.4) is 0 Å². The van der Waals surface area contributed by atoms with Gasteiger partial charge >= 0.3 is 0 Å². The first-order valence-electron chi connectivity index (χ1n) is 6.84. The van der Waals surface area contributed by atoms with E-state index in [2.05, 4.69) is 39.9 Å². The molecule has 0 heterocycles. The third-order valence-electron chi connectivity index (χ3n) is 2.66. The quantitative estimate of drug-likeness (QED) is 0.580. The highest BCUT2D eigenvalue weighted by molar-refractivity contribution is 4.65. The predicted molar refractivity (Wildman–Crippen MR) is 71.8 cm³/mol. The molecule has 2 nitrogen and oxygen atoms in total. The molecule has 0 aromatic heterocycles. The van der Waals surface area contributed by atoms with Crippen LogP contribution in [0.15, 0.2) is 0 Å². The minimum Gasteiger partial charge on any atom is -0.382 e. The van der Waals surface area contributed by atoms with E-state index >= 15 is 0 Å². The van der Waals surface area contributed by atoms with Gasteiger partial charge < -0.3 is 10.1 Å². The van der Waals surface area contributed by atoms with E-state index in [0.29, 0.717) is 0 Å². The first-order chi connectivity index (χ1) is 7.56. The van der Waals surface area contributed by atoms with Crippen molar-refractivity contribution in [3.63, 3.8) is 0 Å². The Morgan fingerprint density at radius 2 is 1.69 bits per heavy atom. The largest absolute Gasteiger partial charge is 0.382 e. The Labute approximate surface area is 102 Å². The lowest BCUT2D eigenvalue weighted by atomic mass is 9.94. The summed E-state index contributed by atoms with van der Waals surface area (Å²) >= 11 is 0. The lowest BCUT2D eigenvalue weighted by Gasteiger charge is -2.20. The number of hydrogen-bond acceptors (Lipinski definition) is 2. The zero-order valence-electron chi connectivity index (χ0n) is 11.9. The molecule has 0 aliphatic rings. The molecule has 0 bridgehead atoms. The summed E-state index contributed by atoms with van der Waals surface area (Å²) in [7, 11) is 0. The highest BCUT2D eigenvalue weighted by Crippen LogP contribution is 2.14. The van der Waals surface area contributed by atoms with Gasteiger partial charge in [-0.25, -0.2) is 0 Å². The molecule has 0 saturated carbocycles. The van der Waals surface area contributed by atoms with E-state index in [0.717, 1.165) is 44.1 Å². The third-order valence-corrected chi connectivity index (χ3v) is 2.66. The van der Waals surface area contributed by atoms with E-state index in [1.807, 2.05) is 0 Å². The van der Waals surface area contributed by atoms with Crippen LogP contribution in [0.5, 0.6) is 0 Å². The van der Waals surface area contributed by atoms with Gasteiger partial charge in [-0.2, -0.15) is 0 Å². The summed E-state index contributed by atoms with van der Waals surface area (Å²) in [4.78, 5) is 0.